The minimum absolute atomic E-state index is 0.0212. The summed E-state index contributed by atoms with van der Waals surface area (Å²) in [4.78, 5) is 195. The van der Waals surface area contributed by atoms with Gasteiger partial charge in [-0.25, -0.2) is 4.79 Å². The molecule has 1 aromatic carbocycles. The molecule has 1 aliphatic heterocycles. The number of nitrogens with one attached hydrogen (secondary N) is 10. The number of hydrogen-bond acceptors (Lipinski definition) is 18. The van der Waals surface area contributed by atoms with Crippen molar-refractivity contribution in [3.63, 3.8) is 0 Å². The molecular weight excluding hydrogens is 1120 g/mol. The number of carbonyl (C=O) groups excluding carboxylic acids is 13. The van der Waals surface area contributed by atoms with Crippen LogP contribution < -0.4 is 70.4 Å². The van der Waals surface area contributed by atoms with E-state index in [9.17, 15) is 92.3 Å². The molecule has 0 unspecified atom stereocenters. The normalized spacial score (nSPS) is 16.8. The second-order valence-corrected chi connectivity index (χ2v) is 20.9. The number of amides is 13. The van der Waals surface area contributed by atoms with E-state index >= 15 is 0 Å². The van der Waals surface area contributed by atoms with E-state index in [0.29, 0.717) is 5.56 Å². The summed E-state index contributed by atoms with van der Waals surface area (Å²) in [6, 6.07) is -8.32. The number of carboxylic acids is 2. The van der Waals surface area contributed by atoms with Crippen LogP contribution in [0, 0.1) is 11.8 Å². The van der Waals surface area contributed by atoms with Gasteiger partial charge in [-0.1, -0.05) is 58.0 Å². The number of carboxylic acid groups (broad SMARTS) is 2. The van der Waals surface area contributed by atoms with Crippen molar-refractivity contribution >= 4 is 88.7 Å². The fourth-order valence-electron chi connectivity index (χ4n) is 8.39. The third-order valence-corrected chi connectivity index (χ3v) is 13.1. The Hall–Kier alpha value is -8.85. The van der Waals surface area contributed by atoms with E-state index < -0.39 is 212 Å². The number of nitrogens with zero attached hydrogens (tertiary/aromatic N) is 1. The number of aliphatic hydroxyl groups excluding tert-OH is 2. The number of primary amides is 2. The van der Waals surface area contributed by atoms with Crippen LogP contribution in [0.25, 0.3) is 0 Å². The van der Waals surface area contributed by atoms with Crippen LogP contribution >= 0.6 is 0 Å². The zero-order valence-corrected chi connectivity index (χ0v) is 48.1. The summed E-state index contributed by atoms with van der Waals surface area (Å²) < 4.78 is 0. The molecule has 13 amide bonds. The van der Waals surface area contributed by atoms with Crippen molar-refractivity contribution < 1.29 is 92.3 Å². The lowest BCUT2D eigenvalue weighted by atomic mass is 10.0. The number of carbonyl (C=O) groups is 15. The first kappa shape index (κ1) is 72.3. The highest BCUT2D eigenvalue weighted by atomic mass is 16.4. The van der Waals surface area contributed by atoms with Crippen molar-refractivity contribution in [2.24, 2.45) is 29.0 Å². The third-order valence-electron chi connectivity index (χ3n) is 13.1. The molecule has 33 heteroatoms. The van der Waals surface area contributed by atoms with Crippen LogP contribution in [0.5, 0.6) is 0 Å². The van der Waals surface area contributed by atoms with Crippen LogP contribution in [0.3, 0.4) is 0 Å². The number of aliphatic hydroxyl groups is 2. The molecule has 472 valence electrons. The largest absolute Gasteiger partial charge is 0.481 e. The summed E-state index contributed by atoms with van der Waals surface area (Å²) in [6.07, 6.45) is -4.06. The van der Waals surface area contributed by atoms with E-state index in [2.05, 4.69) is 53.2 Å². The molecule has 0 radical (unpaired) electrons. The first-order chi connectivity index (χ1) is 39.7. The fraction of sp³-hybridized carbons (Fsp3) is 0.596. The van der Waals surface area contributed by atoms with Gasteiger partial charge in [0.1, 0.15) is 60.4 Å². The molecule has 0 aromatic heterocycles. The van der Waals surface area contributed by atoms with Gasteiger partial charge in [0.15, 0.2) is 0 Å². The summed E-state index contributed by atoms with van der Waals surface area (Å²) in [5.41, 5.74) is 16.8. The van der Waals surface area contributed by atoms with Crippen molar-refractivity contribution in [3.8, 4) is 0 Å². The first-order valence-corrected chi connectivity index (χ1v) is 27.1. The zero-order chi connectivity index (χ0) is 64.6. The van der Waals surface area contributed by atoms with Gasteiger partial charge in [0.2, 0.25) is 76.8 Å². The maximum atomic E-state index is 13.7. The zero-order valence-electron chi connectivity index (χ0n) is 48.1. The molecule has 0 saturated carbocycles. The molecule has 20 N–H and O–H groups in total. The van der Waals surface area contributed by atoms with Crippen molar-refractivity contribution in [2.45, 2.75) is 166 Å². The van der Waals surface area contributed by atoms with E-state index in [-0.39, 0.29) is 25.8 Å². The molecule has 85 heavy (non-hydrogen) atoms. The molecular formula is C52H80N14O19. The van der Waals surface area contributed by atoms with E-state index in [1.165, 1.54) is 27.7 Å². The van der Waals surface area contributed by atoms with Crippen molar-refractivity contribution in [3.05, 3.63) is 35.9 Å². The number of likely N-dealkylation sites (tertiary alicyclic amines) is 1. The lowest BCUT2D eigenvalue weighted by molar-refractivity contribution is -0.143. The minimum atomic E-state index is -1.85. The van der Waals surface area contributed by atoms with Gasteiger partial charge in [-0.2, -0.15) is 0 Å². The smallest absolute Gasteiger partial charge is 0.326 e. The van der Waals surface area contributed by atoms with E-state index in [0.717, 1.165) is 11.8 Å². The van der Waals surface area contributed by atoms with Crippen LogP contribution in [0.1, 0.15) is 92.6 Å². The summed E-state index contributed by atoms with van der Waals surface area (Å²) in [7, 11) is 0. The van der Waals surface area contributed by atoms with Gasteiger partial charge in [0, 0.05) is 19.4 Å². The molecule has 1 aromatic rings. The number of hydrogen-bond donors (Lipinski definition) is 17. The van der Waals surface area contributed by atoms with Crippen molar-refractivity contribution in [1.29, 1.82) is 0 Å². The van der Waals surface area contributed by atoms with Gasteiger partial charge in [0.05, 0.1) is 38.1 Å². The van der Waals surface area contributed by atoms with Crippen LogP contribution in [0.4, 0.5) is 0 Å². The first-order valence-electron chi connectivity index (χ1n) is 27.1. The molecule has 1 saturated heterocycles. The maximum Gasteiger partial charge on any atom is 0.326 e. The Bertz CT molecular complexity index is 2610. The molecule has 0 spiro atoms. The summed E-state index contributed by atoms with van der Waals surface area (Å²) in [5, 5.41) is 62.6. The summed E-state index contributed by atoms with van der Waals surface area (Å²) in [6.45, 7) is 7.75. The van der Waals surface area contributed by atoms with Gasteiger partial charge in [-0.3, -0.25) is 67.1 Å². The molecule has 12 atom stereocenters. The average Bonchev–Trinajstić information content (AvgIpc) is 4.21. The molecule has 0 bridgehead atoms. The molecule has 33 nitrogen and oxygen atoms in total. The topological polar surface area (TPSA) is 539 Å². The Morgan fingerprint density at radius 1 is 0.576 bits per heavy atom. The van der Waals surface area contributed by atoms with Gasteiger partial charge >= 0.3 is 11.9 Å². The summed E-state index contributed by atoms with van der Waals surface area (Å²) in [5.74, 6) is -17.2. The highest BCUT2D eigenvalue weighted by Gasteiger charge is 2.41. The standard InChI is InChI=1S/C52H80N14O19/c1-23(2)39(48(80)56-21-37(71)59-33(22-67)46(78)60-30(15-16-38(72)73)44(76)57-25(5)42(74)62-32(52(84)85)18-28-12-9-8-10-13-28)64-45(77)31(20-36(55)70)61-50(82)41(27(7)68)65-47(79)34-14-11-17-66(34)51(83)26(6)58-49(81)40(24(3)4)63-43(75)29(53)19-35(54)69/h8-10,12-13,23-27,29-34,39-41,67-68H,11,14-22,53H2,1-7H3,(H2,54,69)(H2,55,70)(H,56,80)(H,57,76)(H,58,81)(H,59,71)(H,60,78)(H,61,82)(H,62,74)(H,63,75)(H,64,77)(H,65,79)(H,72,73)(H,84,85)/t25-,26-,27+,29-,30-,31-,32-,33-,34-,39-,40-,41-/m0/s1. The molecule has 1 fully saturated rings. The molecule has 0 aliphatic carbocycles. The molecule has 1 heterocycles. The Labute approximate surface area is 488 Å². The molecule has 2 rings (SSSR count). The number of aliphatic carboxylic acids is 2. The highest BCUT2D eigenvalue weighted by molar-refractivity contribution is 6.00. The monoisotopic (exact) mass is 1200 g/mol. The maximum absolute atomic E-state index is 13.7. The van der Waals surface area contributed by atoms with Crippen LogP contribution in [-0.4, -0.2) is 206 Å². The lowest BCUT2D eigenvalue weighted by Gasteiger charge is -2.31. The second kappa shape index (κ2) is 34.7. The van der Waals surface area contributed by atoms with Crippen LogP contribution in [-0.2, 0) is 78.3 Å². The lowest BCUT2D eigenvalue weighted by Crippen LogP contribution is -2.62. The predicted octanol–water partition coefficient (Wildman–Crippen LogP) is -7.55. The number of rotatable bonds is 35. The SMILES string of the molecule is CC(C)[C@H](NC(=O)[C@H](CC(N)=O)NC(=O)[C@@H](NC(=O)[C@@H]1CCCN1C(=O)[C@H](C)NC(=O)[C@@H](NC(=O)[C@@H](N)CC(N)=O)C(C)C)[C@@H](C)O)C(=O)NCC(=O)N[C@@H](CO)C(=O)N[C@@H](CCC(=O)O)C(=O)N[C@@H](C)C(=O)N[C@@H](Cc1ccccc1)C(=O)O. The van der Waals surface area contributed by atoms with E-state index in [1.54, 1.807) is 44.2 Å². The van der Waals surface area contributed by atoms with E-state index in [4.69, 9.17) is 17.2 Å². The quantitative estimate of drug-likeness (QED) is 0.0300. The van der Waals surface area contributed by atoms with E-state index in [1.807, 2.05) is 0 Å². The Balaban J connectivity index is 2.12. The predicted molar refractivity (Wildman–Crippen MR) is 295 cm³/mol. The van der Waals surface area contributed by atoms with Gasteiger partial charge in [-0.05, 0) is 57.4 Å². The second-order valence-electron chi connectivity index (χ2n) is 20.9. The van der Waals surface area contributed by atoms with Crippen molar-refractivity contribution in [1.82, 2.24) is 58.1 Å². The Morgan fingerprint density at radius 2 is 1.09 bits per heavy atom. The molecule has 1 aliphatic rings. The third kappa shape index (κ3) is 24.1. The number of nitrogens with two attached hydrogens (primary N) is 3. The van der Waals surface area contributed by atoms with Crippen LogP contribution in [0.2, 0.25) is 0 Å². The van der Waals surface area contributed by atoms with Crippen molar-refractivity contribution in [2.75, 3.05) is 19.7 Å². The highest BCUT2D eigenvalue weighted by Crippen LogP contribution is 2.20. The fourth-order valence-corrected chi connectivity index (χ4v) is 8.39. The van der Waals surface area contributed by atoms with Gasteiger partial charge in [-0.15, -0.1) is 0 Å². The van der Waals surface area contributed by atoms with Gasteiger partial charge < -0.3 is 95.7 Å². The Morgan fingerprint density at radius 3 is 1.64 bits per heavy atom. The number of benzene rings is 1. The Kier molecular flexibility index (Phi) is 29.5. The summed E-state index contributed by atoms with van der Waals surface area (Å²) >= 11 is 0. The van der Waals surface area contributed by atoms with Crippen LogP contribution in [0.15, 0.2) is 30.3 Å². The van der Waals surface area contributed by atoms with Gasteiger partial charge in [0.25, 0.3) is 0 Å². The average molecular weight is 1210 g/mol. The minimum Gasteiger partial charge on any atom is -0.481 e.